The second-order valence-corrected chi connectivity index (χ2v) is 8.05. The number of hydrogen-bond acceptors (Lipinski definition) is 5. The molecular formula is C22H23N5O2S. The summed E-state index contributed by atoms with van der Waals surface area (Å²) in [5.74, 6) is -0.105. The molecule has 3 amide bonds. The Balaban J connectivity index is 1.27. The van der Waals surface area contributed by atoms with Crippen molar-refractivity contribution in [2.75, 3.05) is 24.5 Å². The molecular weight excluding hydrogens is 398 g/mol. The van der Waals surface area contributed by atoms with E-state index in [0.717, 1.165) is 40.4 Å². The maximum Gasteiger partial charge on any atom is 0.322 e. The van der Waals surface area contributed by atoms with Gasteiger partial charge in [-0.1, -0.05) is 0 Å². The third-order valence-electron chi connectivity index (χ3n) is 4.99. The molecule has 3 aromatic rings. The molecule has 1 aromatic carbocycles. The molecule has 0 saturated carbocycles. The Hall–Kier alpha value is -3.26. The lowest BCUT2D eigenvalue weighted by Gasteiger charge is -2.17. The van der Waals surface area contributed by atoms with Crippen LogP contribution in [0.5, 0.6) is 0 Å². The van der Waals surface area contributed by atoms with Crippen molar-refractivity contribution in [3.63, 3.8) is 0 Å². The van der Waals surface area contributed by atoms with Crippen molar-refractivity contribution in [3.05, 3.63) is 64.2 Å². The molecule has 0 atom stereocenters. The van der Waals surface area contributed by atoms with E-state index in [2.05, 4.69) is 20.6 Å². The number of nitrogens with one attached hydrogen (secondary N) is 2. The molecule has 8 heteroatoms. The fraction of sp³-hybridized carbons (Fsp3) is 0.273. The Labute approximate surface area is 179 Å². The maximum absolute atomic E-state index is 12.5. The fourth-order valence-corrected chi connectivity index (χ4v) is 4.28. The number of amides is 3. The van der Waals surface area contributed by atoms with E-state index in [9.17, 15) is 9.59 Å². The number of carbonyl (C=O) groups is 2. The van der Waals surface area contributed by atoms with E-state index in [1.807, 2.05) is 36.6 Å². The summed E-state index contributed by atoms with van der Waals surface area (Å²) in [6.45, 7) is 3.79. The fourth-order valence-electron chi connectivity index (χ4n) is 3.43. The second kappa shape index (κ2) is 9.04. The van der Waals surface area contributed by atoms with Gasteiger partial charge in [-0.25, -0.2) is 9.78 Å². The number of aryl methyl sites for hydroxylation is 2. The zero-order valence-corrected chi connectivity index (χ0v) is 17.5. The minimum atomic E-state index is -0.105. The van der Waals surface area contributed by atoms with E-state index in [0.29, 0.717) is 25.2 Å². The molecule has 0 radical (unpaired) electrons. The molecule has 1 aliphatic heterocycles. The molecule has 0 unspecified atom stereocenters. The van der Waals surface area contributed by atoms with Crippen LogP contribution in [0, 0.1) is 6.92 Å². The van der Waals surface area contributed by atoms with Crippen molar-refractivity contribution in [3.8, 4) is 11.3 Å². The van der Waals surface area contributed by atoms with Crippen LogP contribution in [0.2, 0.25) is 0 Å². The van der Waals surface area contributed by atoms with Crippen molar-refractivity contribution in [2.24, 2.45) is 0 Å². The quantitative estimate of drug-likeness (QED) is 0.573. The van der Waals surface area contributed by atoms with Gasteiger partial charge in [0, 0.05) is 60.6 Å². The standard InChI is InChI=1S/C22H23N5O2S/c1-15-13-17(4-5-19(15)27-12-11-25-22(27)29)21(28)24-8-2-3-20-26-18(14-30-20)16-6-9-23-10-7-16/h4-7,9-10,13-14H,2-3,8,11-12H2,1H3,(H,24,28)(H,25,29). The molecule has 3 heterocycles. The van der Waals surface area contributed by atoms with Gasteiger partial charge in [0.1, 0.15) is 0 Å². The molecule has 7 nitrogen and oxygen atoms in total. The van der Waals surface area contributed by atoms with E-state index >= 15 is 0 Å². The molecule has 2 N–H and O–H groups in total. The predicted molar refractivity (Wildman–Crippen MR) is 118 cm³/mol. The smallest absolute Gasteiger partial charge is 0.322 e. The highest BCUT2D eigenvalue weighted by atomic mass is 32.1. The Morgan fingerprint density at radius 2 is 2.10 bits per heavy atom. The van der Waals surface area contributed by atoms with Crippen LogP contribution < -0.4 is 15.5 Å². The van der Waals surface area contributed by atoms with Crippen molar-refractivity contribution < 1.29 is 9.59 Å². The van der Waals surface area contributed by atoms with Gasteiger partial charge in [-0.05, 0) is 49.2 Å². The average Bonchev–Trinajstić information content (AvgIpc) is 3.41. The van der Waals surface area contributed by atoms with Crippen molar-refractivity contribution in [1.82, 2.24) is 20.6 Å². The second-order valence-electron chi connectivity index (χ2n) is 7.11. The average molecular weight is 422 g/mol. The van der Waals surface area contributed by atoms with E-state index < -0.39 is 0 Å². The number of anilines is 1. The first kappa shape index (κ1) is 20.0. The maximum atomic E-state index is 12.5. The number of urea groups is 1. The number of benzene rings is 1. The first-order valence-corrected chi connectivity index (χ1v) is 10.8. The Morgan fingerprint density at radius 3 is 2.83 bits per heavy atom. The van der Waals surface area contributed by atoms with Crippen LogP contribution in [0.25, 0.3) is 11.3 Å². The van der Waals surface area contributed by atoms with Crippen molar-refractivity contribution >= 4 is 29.0 Å². The highest BCUT2D eigenvalue weighted by Gasteiger charge is 2.22. The van der Waals surface area contributed by atoms with Crippen molar-refractivity contribution in [1.29, 1.82) is 0 Å². The number of nitrogens with zero attached hydrogens (tertiary/aromatic N) is 3. The lowest BCUT2D eigenvalue weighted by molar-refractivity contribution is 0.0953. The molecule has 0 bridgehead atoms. The third-order valence-corrected chi connectivity index (χ3v) is 5.90. The number of aromatic nitrogens is 2. The summed E-state index contributed by atoms with van der Waals surface area (Å²) in [4.78, 5) is 34.7. The van der Waals surface area contributed by atoms with Gasteiger partial charge in [-0.3, -0.25) is 14.7 Å². The highest BCUT2D eigenvalue weighted by molar-refractivity contribution is 7.09. The zero-order valence-electron chi connectivity index (χ0n) is 16.7. The molecule has 1 fully saturated rings. The molecule has 30 heavy (non-hydrogen) atoms. The minimum Gasteiger partial charge on any atom is -0.352 e. The van der Waals surface area contributed by atoms with Gasteiger partial charge in [-0.15, -0.1) is 11.3 Å². The Bertz CT molecular complexity index is 1050. The van der Waals surface area contributed by atoms with Crippen LogP contribution in [0.4, 0.5) is 10.5 Å². The molecule has 0 aliphatic carbocycles. The predicted octanol–water partition coefficient (Wildman–Crippen LogP) is 3.41. The van der Waals surface area contributed by atoms with Gasteiger partial charge in [0.15, 0.2) is 0 Å². The van der Waals surface area contributed by atoms with Gasteiger partial charge in [0.2, 0.25) is 0 Å². The molecule has 2 aromatic heterocycles. The first-order valence-electron chi connectivity index (χ1n) is 9.91. The zero-order chi connectivity index (χ0) is 20.9. The van der Waals surface area contributed by atoms with Crippen LogP contribution in [-0.4, -0.2) is 41.5 Å². The molecule has 4 rings (SSSR count). The van der Waals surface area contributed by atoms with Crippen LogP contribution >= 0.6 is 11.3 Å². The summed E-state index contributed by atoms with van der Waals surface area (Å²) in [5, 5.41) is 8.87. The minimum absolute atomic E-state index is 0.0930. The van der Waals surface area contributed by atoms with E-state index in [-0.39, 0.29) is 11.9 Å². The highest BCUT2D eigenvalue weighted by Crippen LogP contribution is 2.23. The number of rotatable bonds is 7. The topological polar surface area (TPSA) is 87.2 Å². The summed E-state index contributed by atoms with van der Waals surface area (Å²) < 4.78 is 0. The van der Waals surface area contributed by atoms with Gasteiger partial charge < -0.3 is 10.6 Å². The lowest BCUT2D eigenvalue weighted by atomic mass is 10.1. The van der Waals surface area contributed by atoms with E-state index in [4.69, 9.17) is 0 Å². The van der Waals surface area contributed by atoms with Gasteiger partial charge >= 0.3 is 6.03 Å². The molecule has 1 saturated heterocycles. The summed E-state index contributed by atoms with van der Waals surface area (Å²) in [6.07, 6.45) is 5.16. The van der Waals surface area contributed by atoms with Gasteiger partial charge in [-0.2, -0.15) is 0 Å². The van der Waals surface area contributed by atoms with Gasteiger partial charge in [0.25, 0.3) is 5.91 Å². The number of thiazole rings is 1. The Kier molecular flexibility index (Phi) is 6.04. The van der Waals surface area contributed by atoms with Crippen LogP contribution in [-0.2, 0) is 6.42 Å². The number of hydrogen-bond donors (Lipinski definition) is 2. The molecule has 0 spiro atoms. The monoisotopic (exact) mass is 421 g/mol. The number of carbonyl (C=O) groups excluding carboxylic acids is 2. The van der Waals surface area contributed by atoms with E-state index in [1.54, 1.807) is 34.7 Å². The normalized spacial score (nSPS) is 13.4. The summed E-state index contributed by atoms with van der Waals surface area (Å²) in [6, 6.07) is 9.24. The van der Waals surface area contributed by atoms with Gasteiger partial charge in [0.05, 0.1) is 10.7 Å². The SMILES string of the molecule is Cc1cc(C(=O)NCCCc2nc(-c3ccncc3)cs2)ccc1N1CCNC1=O. The first-order chi connectivity index (χ1) is 14.6. The van der Waals surface area contributed by atoms with E-state index in [1.165, 1.54) is 0 Å². The summed E-state index contributed by atoms with van der Waals surface area (Å²) in [7, 11) is 0. The van der Waals surface area contributed by atoms with Crippen LogP contribution in [0.15, 0.2) is 48.1 Å². The van der Waals surface area contributed by atoms with Crippen LogP contribution in [0.1, 0.15) is 27.3 Å². The Morgan fingerprint density at radius 1 is 1.27 bits per heavy atom. The largest absolute Gasteiger partial charge is 0.352 e. The molecule has 154 valence electrons. The lowest BCUT2D eigenvalue weighted by Crippen LogP contribution is -2.29. The summed E-state index contributed by atoms with van der Waals surface area (Å²) >= 11 is 1.63. The van der Waals surface area contributed by atoms with Crippen LogP contribution in [0.3, 0.4) is 0 Å². The molecule has 1 aliphatic rings. The summed E-state index contributed by atoms with van der Waals surface area (Å²) in [5.41, 5.74) is 4.38. The van der Waals surface area contributed by atoms with Crippen molar-refractivity contribution in [2.45, 2.75) is 19.8 Å². The third kappa shape index (κ3) is 4.49. The number of pyridine rings is 1.